The summed E-state index contributed by atoms with van der Waals surface area (Å²) in [5.74, 6) is -2.14. The molecule has 96 heavy (non-hydrogen) atoms. The van der Waals surface area contributed by atoms with Gasteiger partial charge in [-0.05, 0) is 186 Å². The van der Waals surface area contributed by atoms with Gasteiger partial charge in [-0.3, -0.25) is 4.79 Å². The Balaban J connectivity index is 0.000000265. The first kappa shape index (κ1) is 79.4. The van der Waals surface area contributed by atoms with Gasteiger partial charge < -0.3 is 54.3 Å². The van der Waals surface area contributed by atoms with E-state index in [9.17, 15) is 54.7 Å². The van der Waals surface area contributed by atoms with Gasteiger partial charge in [0.25, 0.3) is 10.0 Å². The van der Waals surface area contributed by atoms with Gasteiger partial charge in [-0.15, -0.1) is 0 Å². The minimum atomic E-state index is -4.98. The summed E-state index contributed by atoms with van der Waals surface area (Å²) in [5.41, 5.74) is 6.82. The predicted molar refractivity (Wildman–Crippen MR) is 355 cm³/mol. The molecule has 21 nitrogen and oxygen atoms in total. The Morgan fingerprint density at radius 2 is 0.979 bits per heavy atom. The van der Waals surface area contributed by atoms with Crippen molar-refractivity contribution in [3.63, 3.8) is 0 Å². The molecule has 4 aromatic rings. The molecule has 27 heteroatoms. The number of carbonyl (C=O) groups is 6. The Morgan fingerprint density at radius 1 is 0.594 bits per heavy atom. The highest BCUT2D eigenvalue weighted by Crippen LogP contribution is 2.39. The van der Waals surface area contributed by atoms with E-state index in [-0.39, 0.29) is 48.8 Å². The summed E-state index contributed by atoms with van der Waals surface area (Å²) >= 11 is 4.97. The summed E-state index contributed by atoms with van der Waals surface area (Å²) in [4.78, 5) is 82.4. The number of piperidine rings is 2. The zero-order valence-electron chi connectivity index (χ0n) is 56.8. The smallest absolute Gasteiger partial charge is 0.449 e. The van der Waals surface area contributed by atoms with Gasteiger partial charge in [0.15, 0.2) is 5.03 Å². The number of aromatic nitrogens is 1. The lowest BCUT2D eigenvalue weighted by Gasteiger charge is -2.36. The van der Waals surface area contributed by atoms with E-state index in [1.54, 1.807) is 35.5 Å². The first-order chi connectivity index (χ1) is 44.8. The summed E-state index contributed by atoms with van der Waals surface area (Å²) in [6.07, 6.45) is 0.847. The van der Waals surface area contributed by atoms with Crippen molar-refractivity contribution in [1.29, 1.82) is 0 Å². The Bertz CT molecular complexity index is 3240. The Morgan fingerprint density at radius 3 is 1.33 bits per heavy atom. The van der Waals surface area contributed by atoms with E-state index in [0.29, 0.717) is 83.3 Å². The SMILES string of the molecule is CC(C)(C)OC(=O)N1C[C@@H](CCC(N)C2CCN(C(=O)OCc3ccccc3)CC2)CC1(C)C.CC(C)(C)OC(=O)N1C[C@@H](CCC(NC(=O)C(F)(F)F)C2CCN(C(=O)OCc3ccccc3)CC2)CC1(C)C.NS(=O)(=O)c1cccc(F)n1.O=C(Cl)OCc1ccccc1. The van der Waals surface area contributed by atoms with Gasteiger partial charge in [0.05, 0.1) is 0 Å². The number of rotatable bonds is 16. The number of hydrogen-bond acceptors (Lipinski definition) is 15. The maximum absolute atomic E-state index is 13.1. The molecule has 4 saturated heterocycles. The van der Waals surface area contributed by atoms with Crippen LogP contribution in [0.2, 0.25) is 0 Å². The molecule has 0 saturated carbocycles. The molecule has 4 aliphatic heterocycles. The number of hydrogen-bond donors (Lipinski definition) is 3. The van der Waals surface area contributed by atoms with Crippen molar-refractivity contribution in [3.8, 4) is 0 Å². The third-order valence-corrected chi connectivity index (χ3v) is 17.8. The Labute approximate surface area is 567 Å². The van der Waals surface area contributed by atoms with Crippen molar-refractivity contribution in [2.75, 3.05) is 39.3 Å². The fraction of sp³-hybridized carbons (Fsp3) is 0.580. The summed E-state index contributed by atoms with van der Waals surface area (Å²) in [7, 11) is -3.88. The molecule has 532 valence electrons. The van der Waals surface area contributed by atoms with Gasteiger partial charge in [-0.25, -0.2) is 42.5 Å². The van der Waals surface area contributed by atoms with Crippen molar-refractivity contribution in [3.05, 3.63) is 132 Å². The largest absolute Gasteiger partial charge is 0.471 e. The van der Waals surface area contributed by atoms with E-state index in [2.05, 4.69) is 34.0 Å². The number of nitrogens with one attached hydrogen (secondary N) is 1. The van der Waals surface area contributed by atoms with Crippen LogP contribution >= 0.6 is 11.6 Å². The molecule has 5 amide bonds. The molecule has 4 fully saturated rings. The average molecular weight is 1390 g/mol. The second kappa shape index (κ2) is 35.8. The first-order valence-electron chi connectivity index (χ1n) is 32.4. The van der Waals surface area contributed by atoms with E-state index in [1.807, 2.05) is 131 Å². The summed E-state index contributed by atoms with van der Waals surface area (Å²) in [6, 6.07) is 31.2. The minimum Gasteiger partial charge on any atom is -0.449 e. The quantitative estimate of drug-likeness (QED) is 0.0407. The minimum absolute atomic E-state index is 0.0564. The van der Waals surface area contributed by atoms with Crippen molar-refractivity contribution < 1.29 is 78.4 Å². The molecular weight excluding hydrogens is 1290 g/mol. The monoisotopic (exact) mass is 1390 g/mol. The van der Waals surface area contributed by atoms with Crippen LogP contribution in [-0.2, 0) is 58.3 Å². The number of nitrogens with two attached hydrogens (primary N) is 2. The number of sulfonamides is 1. The highest BCUT2D eigenvalue weighted by molar-refractivity contribution is 7.89. The molecule has 5 heterocycles. The molecule has 1 aromatic heterocycles. The molecule has 4 aliphatic rings. The number of nitrogens with zero attached hydrogens (tertiary/aromatic N) is 5. The molecule has 0 radical (unpaired) electrons. The predicted octanol–water partition coefficient (Wildman–Crippen LogP) is 13.5. The van der Waals surface area contributed by atoms with E-state index < -0.39 is 73.5 Å². The van der Waals surface area contributed by atoms with Crippen LogP contribution < -0.4 is 16.2 Å². The summed E-state index contributed by atoms with van der Waals surface area (Å²) < 4.78 is 99.4. The van der Waals surface area contributed by atoms with E-state index in [0.717, 1.165) is 67.5 Å². The second-order valence-corrected chi connectivity index (χ2v) is 29.7. The van der Waals surface area contributed by atoms with Crippen molar-refractivity contribution in [2.24, 2.45) is 34.5 Å². The van der Waals surface area contributed by atoms with E-state index >= 15 is 0 Å². The maximum Gasteiger partial charge on any atom is 0.471 e. The van der Waals surface area contributed by atoms with Crippen LogP contribution in [0.5, 0.6) is 0 Å². The van der Waals surface area contributed by atoms with Crippen molar-refractivity contribution >= 4 is 57.3 Å². The summed E-state index contributed by atoms with van der Waals surface area (Å²) in [5, 5.41) is 6.43. The molecular formula is C69H97ClF4N8O13S. The number of likely N-dealkylation sites (tertiary alicyclic amines) is 4. The van der Waals surface area contributed by atoms with E-state index in [1.165, 1.54) is 6.07 Å². The number of alkyl halides is 3. The maximum atomic E-state index is 13.1. The lowest BCUT2D eigenvalue weighted by atomic mass is 9.84. The lowest BCUT2D eigenvalue weighted by Crippen LogP contribution is -2.50. The number of amides is 5. The number of pyridine rings is 1. The van der Waals surface area contributed by atoms with E-state index in [4.69, 9.17) is 36.3 Å². The zero-order chi connectivity index (χ0) is 71.2. The number of halogens is 5. The van der Waals surface area contributed by atoms with Gasteiger partial charge >= 0.3 is 41.9 Å². The molecule has 8 rings (SSSR count). The molecule has 2 unspecified atom stereocenters. The molecule has 3 aromatic carbocycles. The van der Waals surface area contributed by atoms with Crippen LogP contribution in [0.3, 0.4) is 0 Å². The Kier molecular flexibility index (Phi) is 29.6. The Hall–Kier alpha value is -7.29. The zero-order valence-corrected chi connectivity index (χ0v) is 58.4. The van der Waals surface area contributed by atoms with Gasteiger partial charge in [-0.1, -0.05) is 97.1 Å². The fourth-order valence-corrected chi connectivity index (χ4v) is 12.6. The normalized spacial score (nSPS) is 18.7. The third kappa shape index (κ3) is 27.7. The molecule has 4 atom stereocenters. The number of ether oxygens (including phenoxy) is 5. The lowest BCUT2D eigenvalue weighted by molar-refractivity contribution is -0.175. The second-order valence-electron chi connectivity index (χ2n) is 27.9. The van der Waals surface area contributed by atoms with Gasteiger partial charge in [-0.2, -0.15) is 17.6 Å². The standard InChI is InChI=1S/C29H42F3N3O5.C27H43N3O4.C8H7ClO2.C5H5FN2O2S/c1-27(2,3)40-26(38)35-18-21(17-28(35,4)5)11-12-23(33-24(36)29(30,31)32)22-13-15-34(16-14-22)25(37)39-19-20-9-7-6-8-10-20;1-26(2,3)34-25(32)30-18-21(17-27(30,4)5)11-12-23(28)22-13-15-29(16-14-22)24(31)33-19-20-9-7-6-8-10-20;9-8(10)11-6-7-4-2-1-3-5-7;6-4-2-1-3-5(8-4)11(7,9)10/h6-10,21-23H,11-19H2,1-5H3,(H,33,36);6-10,21-23H,11-19,28H2,1-5H3;1-5H,6H2;1-3H,(H2,7,9,10)/t2*21-,23?;;/m00../s1. The number of primary sulfonamides is 1. The van der Waals surface area contributed by atoms with Crippen molar-refractivity contribution in [2.45, 2.75) is 199 Å². The molecule has 5 N–H and O–H groups in total. The summed E-state index contributed by atoms with van der Waals surface area (Å²) in [6.45, 7) is 23.1. The van der Waals surface area contributed by atoms with Crippen molar-refractivity contribution in [1.82, 2.24) is 29.9 Å². The van der Waals surface area contributed by atoms with Crippen LogP contribution in [0.4, 0.5) is 41.5 Å². The van der Waals surface area contributed by atoms with Crippen LogP contribution in [0.25, 0.3) is 0 Å². The topological polar surface area (TPSA) is 273 Å². The van der Waals surface area contributed by atoms with Crippen LogP contribution in [0.15, 0.2) is 114 Å². The average Bonchev–Trinajstić information content (AvgIpc) is 1.65. The highest BCUT2D eigenvalue weighted by atomic mass is 35.5. The number of carbonyl (C=O) groups excluding carboxylic acids is 6. The molecule has 0 spiro atoms. The molecule has 0 aliphatic carbocycles. The van der Waals surface area contributed by atoms with Gasteiger partial charge in [0.2, 0.25) is 5.95 Å². The molecule has 0 bridgehead atoms. The van der Waals surface area contributed by atoms with Crippen LogP contribution in [-0.4, -0.2) is 149 Å². The fourth-order valence-electron chi connectivity index (χ4n) is 12.1. The van der Waals surface area contributed by atoms with Crippen LogP contribution in [0, 0.1) is 29.6 Å². The van der Waals surface area contributed by atoms with Crippen LogP contribution in [0.1, 0.15) is 150 Å². The first-order valence-corrected chi connectivity index (χ1v) is 34.3. The third-order valence-electron chi connectivity index (χ3n) is 16.9. The van der Waals surface area contributed by atoms with Gasteiger partial charge in [0, 0.05) is 74.0 Å². The highest BCUT2D eigenvalue weighted by Gasteiger charge is 2.46. The van der Waals surface area contributed by atoms with Gasteiger partial charge in [0.1, 0.15) is 31.0 Å². The number of benzene rings is 3.